The van der Waals surface area contributed by atoms with Gasteiger partial charge in [-0.2, -0.15) is 0 Å². The molecule has 3 nitrogen and oxygen atoms in total. The van der Waals surface area contributed by atoms with Crippen LogP contribution in [0.5, 0.6) is 0 Å². The van der Waals surface area contributed by atoms with Crippen LogP contribution >= 0.6 is 0 Å². The number of amides is 1. The molecule has 1 saturated heterocycles. The average molecular weight is 344 g/mol. The average Bonchev–Trinajstić information content (AvgIpc) is 3.35. The lowest BCUT2D eigenvalue weighted by Crippen LogP contribution is -2.40. The molecule has 3 aliphatic rings. The van der Waals surface area contributed by atoms with Crippen molar-refractivity contribution in [3.8, 4) is 0 Å². The second kappa shape index (κ2) is 7.45. The first kappa shape index (κ1) is 17.0. The van der Waals surface area contributed by atoms with Gasteiger partial charge in [-0.1, -0.05) is 37.8 Å². The summed E-state index contributed by atoms with van der Waals surface area (Å²) in [5.74, 6) is 0.342. The van der Waals surface area contributed by atoms with E-state index in [0.717, 1.165) is 37.5 Å². The molecule has 1 aromatic carbocycles. The van der Waals surface area contributed by atoms with Crippen molar-refractivity contribution in [2.45, 2.75) is 69.4 Å². The summed E-state index contributed by atoms with van der Waals surface area (Å²) < 4.78 is 13.0. The van der Waals surface area contributed by atoms with Gasteiger partial charge in [0.15, 0.2) is 0 Å². The molecule has 25 heavy (non-hydrogen) atoms. The van der Waals surface area contributed by atoms with Crippen molar-refractivity contribution >= 4 is 5.91 Å². The fraction of sp³-hybridized carbons (Fsp3) is 0.667. The fourth-order valence-corrected chi connectivity index (χ4v) is 4.73. The summed E-state index contributed by atoms with van der Waals surface area (Å²) >= 11 is 0. The van der Waals surface area contributed by atoms with Crippen LogP contribution in [0, 0.1) is 11.7 Å². The number of nitrogens with zero attached hydrogens (tertiary/aromatic N) is 1. The predicted octanol–water partition coefficient (Wildman–Crippen LogP) is 3.84. The van der Waals surface area contributed by atoms with Gasteiger partial charge in [-0.25, -0.2) is 4.39 Å². The van der Waals surface area contributed by atoms with Crippen LogP contribution in [-0.4, -0.2) is 36.0 Å². The molecule has 1 amide bonds. The van der Waals surface area contributed by atoms with E-state index in [-0.39, 0.29) is 23.6 Å². The maximum atomic E-state index is 13.0. The van der Waals surface area contributed by atoms with Gasteiger partial charge < -0.3 is 5.32 Å². The number of nitrogens with one attached hydrogen (secondary N) is 1. The lowest BCUT2D eigenvalue weighted by Gasteiger charge is -2.26. The Labute approximate surface area is 150 Å². The van der Waals surface area contributed by atoms with Gasteiger partial charge in [-0.05, 0) is 49.3 Å². The molecule has 0 aromatic heterocycles. The predicted molar refractivity (Wildman–Crippen MR) is 96.9 cm³/mol. The SMILES string of the molecule is O=C(NC1CCN(C2CCCCCC2)C1)C1CC1c1ccc(F)cc1. The zero-order valence-electron chi connectivity index (χ0n) is 14.9. The summed E-state index contributed by atoms with van der Waals surface area (Å²) in [5.41, 5.74) is 1.09. The maximum absolute atomic E-state index is 13.0. The van der Waals surface area contributed by atoms with E-state index in [2.05, 4.69) is 10.2 Å². The Kier molecular flexibility index (Phi) is 5.07. The lowest BCUT2D eigenvalue weighted by atomic mass is 10.1. The Bertz CT molecular complexity index is 594. The third kappa shape index (κ3) is 4.05. The molecular weight excluding hydrogens is 315 g/mol. The van der Waals surface area contributed by atoms with E-state index in [4.69, 9.17) is 0 Å². The molecule has 2 saturated carbocycles. The third-order valence-electron chi connectivity index (χ3n) is 6.33. The van der Waals surface area contributed by atoms with Crippen molar-refractivity contribution in [2.75, 3.05) is 13.1 Å². The number of rotatable bonds is 4. The van der Waals surface area contributed by atoms with Crippen LogP contribution in [0.3, 0.4) is 0 Å². The number of likely N-dealkylation sites (tertiary alicyclic amines) is 1. The van der Waals surface area contributed by atoms with Crippen LogP contribution in [0.4, 0.5) is 4.39 Å². The standard InChI is InChI=1S/C21H29FN2O/c22-16-9-7-15(8-10-16)19-13-20(19)21(25)23-17-11-12-24(14-17)18-5-3-1-2-4-6-18/h7-10,17-20H,1-6,11-14H2,(H,23,25). The minimum absolute atomic E-state index is 0.0809. The fourth-order valence-electron chi connectivity index (χ4n) is 4.73. The third-order valence-corrected chi connectivity index (χ3v) is 6.33. The Hall–Kier alpha value is -1.42. The van der Waals surface area contributed by atoms with E-state index in [1.165, 1.54) is 50.7 Å². The zero-order valence-corrected chi connectivity index (χ0v) is 14.9. The first-order valence-corrected chi connectivity index (χ1v) is 10.0. The smallest absolute Gasteiger partial charge is 0.224 e. The highest BCUT2D eigenvalue weighted by Crippen LogP contribution is 2.47. The summed E-state index contributed by atoms with van der Waals surface area (Å²) in [6.45, 7) is 2.14. The van der Waals surface area contributed by atoms with Crippen molar-refractivity contribution in [1.29, 1.82) is 0 Å². The molecule has 4 rings (SSSR count). The molecule has 2 aliphatic carbocycles. The summed E-state index contributed by atoms with van der Waals surface area (Å²) in [7, 11) is 0. The first-order chi connectivity index (χ1) is 12.2. The molecule has 1 N–H and O–H groups in total. The lowest BCUT2D eigenvalue weighted by molar-refractivity contribution is -0.123. The van der Waals surface area contributed by atoms with Crippen LogP contribution in [-0.2, 0) is 4.79 Å². The molecule has 3 atom stereocenters. The molecule has 1 heterocycles. The number of hydrogen-bond donors (Lipinski definition) is 1. The Balaban J connectivity index is 1.26. The molecule has 0 radical (unpaired) electrons. The van der Waals surface area contributed by atoms with Gasteiger partial charge in [0.1, 0.15) is 5.82 Å². The molecule has 0 spiro atoms. The second-order valence-corrected chi connectivity index (χ2v) is 8.13. The van der Waals surface area contributed by atoms with Crippen molar-refractivity contribution < 1.29 is 9.18 Å². The van der Waals surface area contributed by atoms with Gasteiger partial charge in [-0.15, -0.1) is 0 Å². The Morgan fingerprint density at radius 1 is 1.04 bits per heavy atom. The van der Waals surface area contributed by atoms with Gasteiger partial charge in [0.2, 0.25) is 5.91 Å². The zero-order chi connectivity index (χ0) is 17.2. The molecule has 1 aromatic rings. The number of carbonyl (C=O) groups excluding carboxylic acids is 1. The van der Waals surface area contributed by atoms with Gasteiger partial charge in [0.25, 0.3) is 0 Å². The van der Waals surface area contributed by atoms with E-state index in [1.54, 1.807) is 0 Å². The van der Waals surface area contributed by atoms with Gasteiger partial charge >= 0.3 is 0 Å². The molecule has 136 valence electrons. The first-order valence-electron chi connectivity index (χ1n) is 10.0. The number of hydrogen-bond acceptors (Lipinski definition) is 2. The largest absolute Gasteiger partial charge is 0.352 e. The van der Waals surface area contributed by atoms with E-state index < -0.39 is 0 Å². The normalized spacial score (nSPS) is 30.8. The quantitative estimate of drug-likeness (QED) is 0.842. The highest BCUT2D eigenvalue weighted by Gasteiger charge is 2.44. The van der Waals surface area contributed by atoms with Crippen molar-refractivity contribution in [1.82, 2.24) is 10.2 Å². The minimum Gasteiger partial charge on any atom is -0.352 e. The number of carbonyl (C=O) groups is 1. The van der Waals surface area contributed by atoms with Crippen molar-refractivity contribution in [3.05, 3.63) is 35.6 Å². The van der Waals surface area contributed by atoms with Gasteiger partial charge in [0, 0.05) is 31.1 Å². The summed E-state index contributed by atoms with van der Waals surface area (Å²) in [6.07, 6.45) is 10.1. The molecule has 3 fully saturated rings. The highest BCUT2D eigenvalue weighted by atomic mass is 19.1. The molecule has 0 bridgehead atoms. The van der Waals surface area contributed by atoms with E-state index >= 15 is 0 Å². The monoisotopic (exact) mass is 344 g/mol. The number of halogens is 1. The molecule has 3 unspecified atom stereocenters. The summed E-state index contributed by atoms with van der Waals surface area (Å²) in [4.78, 5) is 15.2. The summed E-state index contributed by atoms with van der Waals surface area (Å²) in [6, 6.07) is 7.66. The molecule has 4 heteroatoms. The van der Waals surface area contributed by atoms with Crippen LogP contribution in [0.25, 0.3) is 0 Å². The van der Waals surface area contributed by atoms with E-state index in [1.807, 2.05) is 12.1 Å². The Morgan fingerprint density at radius 2 is 1.76 bits per heavy atom. The van der Waals surface area contributed by atoms with Crippen LogP contribution < -0.4 is 5.32 Å². The van der Waals surface area contributed by atoms with Crippen molar-refractivity contribution in [2.24, 2.45) is 5.92 Å². The molecular formula is C21H29FN2O. The maximum Gasteiger partial charge on any atom is 0.224 e. The summed E-state index contributed by atoms with van der Waals surface area (Å²) in [5, 5.41) is 3.28. The highest BCUT2D eigenvalue weighted by molar-refractivity contribution is 5.83. The minimum atomic E-state index is -0.213. The van der Waals surface area contributed by atoms with E-state index in [0.29, 0.717) is 6.04 Å². The van der Waals surface area contributed by atoms with Gasteiger partial charge in [-0.3, -0.25) is 9.69 Å². The topological polar surface area (TPSA) is 32.3 Å². The Morgan fingerprint density at radius 3 is 2.48 bits per heavy atom. The van der Waals surface area contributed by atoms with Crippen LogP contribution in [0.2, 0.25) is 0 Å². The van der Waals surface area contributed by atoms with Crippen molar-refractivity contribution in [3.63, 3.8) is 0 Å². The molecule has 1 aliphatic heterocycles. The second-order valence-electron chi connectivity index (χ2n) is 8.13. The number of benzene rings is 1. The van der Waals surface area contributed by atoms with Crippen LogP contribution in [0.1, 0.15) is 62.8 Å². The van der Waals surface area contributed by atoms with Crippen LogP contribution in [0.15, 0.2) is 24.3 Å². The van der Waals surface area contributed by atoms with E-state index in [9.17, 15) is 9.18 Å². The van der Waals surface area contributed by atoms with Gasteiger partial charge in [0.05, 0.1) is 0 Å².